The minimum Gasteiger partial charge on any atom is -0.354 e. The normalized spacial score (nSPS) is 30.1. The number of amides is 3. The van der Waals surface area contributed by atoms with E-state index in [1.807, 2.05) is 9.80 Å². The molecule has 3 saturated heterocycles. The van der Waals surface area contributed by atoms with Gasteiger partial charge in [0.1, 0.15) is 5.69 Å². The van der Waals surface area contributed by atoms with Crippen LogP contribution in [0.25, 0.3) is 0 Å². The van der Waals surface area contributed by atoms with Gasteiger partial charge in [0.05, 0.1) is 17.3 Å². The van der Waals surface area contributed by atoms with Crippen LogP contribution in [-0.2, 0) is 9.59 Å². The maximum Gasteiger partial charge on any atom is 0.273 e. The highest BCUT2D eigenvalue weighted by Gasteiger charge is 2.50. The lowest BCUT2D eigenvalue weighted by Gasteiger charge is -2.56. The van der Waals surface area contributed by atoms with E-state index in [1.54, 1.807) is 0 Å². The summed E-state index contributed by atoms with van der Waals surface area (Å²) in [5.74, 6) is 0.312. The number of carbonyl (C=O) groups is 3. The molecule has 0 aliphatic carbocycles. The molecule has 4 rings (SSSR count). The number of halogens is 1. The molecule has 27 heavy (non-hydrogen) atoms. The Hall–Kier alpha value is -2.09. The van der Waals surface area contributed by atoms with Gasteiger partial charge < -0.3 is 15.1 Å². The number of nitrogens with zero attached hydrogens (tertiary/aromatic N) is 3. The average Bonchev–Trinajstić information content (AvgIpc) is 3.07. The van der Waals surface area contributed by atoms with E-state index in [9.17, 15) is 14.4 Å². The molecule has 4 heterocycles. The first kappa shape index (κ1) is 18.3. The number of H-pyrrole nitrogens is 1. The number of rotatable bonds is 3. The summed E-state index contributed by atoms with van der Waals surface area (Å²) >= 11 is 6.08. The van der Waals surface area contributed by atoms with Crippen LogP contribution < -0.4 is 5.32 Å². The third-order valence-electron chi connectivity index (χ3n) is 6.15. The number of piperidine rings is 3. The fraction of sp³-hybridized carbons (Fsp3) is 0.667. The first-order valence-corrected chi connectivity index (χ1v) is 9.87. The van der Waals surface area contributed by atoms with Crippen LogP contribution in [0.3, 0.4) is 0 Å². The maximum absolute atomic E-state index is 12.9. The van der Waals surface area contributed by atoms with Crippen molar-refractivity contribution in [2.45, 2.75) is 44.7 Å². The highest BCUT2D eigenvalue weighted by atomic mass is 35.5. The maximum atomic E-state index is 12.9. The number of likely N-dealkylation sites (tertiary alicyclic amines) is 1. The van der Waals surface area contributed by atoms with Crippen molar-refractivity contribution in [2.24, 2.45) is 11.8 Å². The second kappa shape index (κ2) is 7.14. The zero-order valence-corrected chi connectivity index (χ0v) is 16.0. The molecular formula is C18H24ClN5O3. The highest BCUT2D eigenvalue weighted by Crippen LogP contribution is 2.41. The fourth-order valence-electron chi connectivity index (χ4n) is 5.03. The predicted octanol–water partition coefficient (Wildman–Crippen LogP) is 1.04. The Morgan fingerprint density at radius 3 is 2.85 bits per heavy atom. The first-order valence-electron chi connectivity index (χ1n) is 9.49. The molecule has 2 bridgehead atoms. The fourth-order valence-corrected chi connectivity index (χ4v) is 5.20. The minimum atomic E-state index is -0.152. The van der Waals surface area contributed by atoms with Gasteiger partial charge in [0, 0.05) is 39.0 Å². The SMILES string of the molecule is CC(=O)NC[C@H]1[C@H]2C[C@H](CN(C(=O)c3[nH]ncc3Cl)C2)[C@@H]2CCCC(=O)N21. The van der Waals surface area contributed by atoms with Crippen molar-refractivity contribution in [3.8, 4) is 0 Å². The Morgan fingerprint density at radius 2 is 2.15 bits per heavy atom. The van der Waals surface area contributed by atoms with E-state index < -0.39 is 0 Å². The lowest BCUT2D eigenvalue weighted by molar-refractivity contribution is -0.151. The van der Waals surface area contributed by atoms with Crippen LogP contribution in [0.1, 0.15) is 43.1 Å². The molecule has 1 aromatic heterocycles. The first-order chi connectivity index (χ1) is 13.0. The van der Waals surface area contributed by atoms with Gasteiger partial charge >= 0.3 is 0 Å². The Balaban J connectivity index is 1.59. The van der Waals surface area contributed by atoms with Crippen LogP contribution in [0.15, 0.2) is 6.20 Å². The largest absolute Gasteiger partial charge is 0.354 e. The molecule has 0 spiro atoms. The molecule has 0 unspecified atom stereocenters. The lowest BCUT2D eigenvalue weighted by atomic mass is 9.72. The van der Waals surface area contributed by atoms with E-state index >= 15 is 0 Å². The number of nitrogens with one attached hydrogen (secondary N) is 2. The van der Waals surface area contributed by atoms with Gasteiger partial charge in [0.15, 0.2) is 0 Å². The van der Waals surface area contributed by atoms with Gasteiger partial charge in [0.25, 0.3) is 5.91 Å². The number of fused-ring (bicyclic) bond motifs is 4. The molecule has 8 nitrogen and oxygen atoms in total. The summed E-state index contributed by atoms with van der Waals surface area (Å²) < 4.78 is 0. The number of hydrogen-bond acceptors (Lipinski definition) is 4. The van der Waals surface area contributed by atoms with E-state index in [0.717, 1.165) is 19.3 Å². The van der Waals surface area contributed by atoms with Gasteiger partial charge in [-0.1, -0.05) is 11.6 Å². The van der Waals surface area contributed by atoms with Gasteiger partial charge in [-0.3, -0.25) is 19.5 Å². The molecule has 4 atom stereocenters. The van der Waals surface area contributed by atoms with E-state index in [1.165, 1.54) is 13.1 Å². The molecular weight excluding hydrogens is 370 g/mol. The molecule has 0 radical (unpaired) electrons. The second-order valence-electron chi connectivity index (χ2n) is 7.82. The highest BCUT2D eigenvalue weighted by molar-refractivity contribution is 6.33. The molecule has 0 saturated carbocycles. The topological polar surface area (TPSA) is 98.4 Å². The van der Waals surface area contributed by atoms with E-state index in [0.29, 0.717) is 36.8 Å². The van der Waals surface area contributed by atoms with Crippen molar-refractivity contribution in [3.05, 3.63) is 16.9 Å². The van der Waals surface area contributed by atoms with Crippen LogP contribution in [0.5, 0.6) is 0 Å². The van der Waals surface area contributed by atoms with Crippen LogP contribution in [0, 0.1) is 11.8 Å². The summed E-state index contributed by atoms with van der Waals surface area (Å²) in [7, 11) is 0. The van der Waals surface area contributed by atoms with Crippen LogP contribution in [-0.4, -0.2) is 69.4 Å². The monoisotopic (exact) mass is 393 g/mol. The van der Waals surface area contributed by atoms with Gasteiger partial charge in [-0.25, -0.2) is 0 Å². The summed E-state index contributed by atoms with van der Waals surface area (Å²) in [6.07, 6.45) is 4.81. The van der Waals surface area contributed by atoms with Crippen molar-refractivity contribution >= 4 is 29.3 Å². The predicted molar refractivity (Wildman–Crippen MR) is 98.1 cm³/mol. The van der Waals surface area contributed by atoms with E-state index in [4.69, 9.17) is 11.6 Å². The van der Waals surface area contributed by atoms with Crippen molar-refractivity contribution < 1.29 is 14.4 Å². The Kier molecular flexibility index (Phi) is 4.84. The van der Waals surface area contributed by atoms with Gasteiger partial charge in [-0.15, -0.1) is 0 Å². The standard InChI is InChI=1S/C18H24ClN5O3/c1-10(25)20-7-15-12-5-11(14-3-2-4-16(26)24(14)15)8-23(9-12)18(27)17-13(19)6-21-22-17/h6,11-12,14-15H,2-5,7-9H2,1H3,(H,20,25)(H,21,22)/t11-,12+,14+,15+/m1/s1. The molecule has 3 aliphatic rings. The lowest BCUT2D eigenvalue weighted by Crippen LogP contribution is -2.67. The molecule has 0 aromatic carbocycles. The molecule has 3 aliphatic heterocycles. The van der Waals surface area contributed by atoms with Crippen molar-refractivity contribution in [2.75, 3.05) is 19.6 Å². The van der Waals surface area contributed by atoms with Crippen molar-refractivity contribution in [1.29, 1.82) is 0 Å². The Bertz CT molecular complexity index is 766. The number of carbonyl (C=O) groups excluding carboxylic acids is 3. The zero-order chi connectivity index (χ0) is 19.1. The number of aromatic nitrogens is 2. The minimum absolute atomic E-state index is 0.0733. The third kappa shape index (κ3) is 3.31. The van der Waals surface area contributed by atoms with Crippen molar-refractivity contribution in [1.82, 2.24) is 25.3 Å². The molecule has 3 fully saturated rings. The third-order valence-corrected chi connectivity index (χ3v) is 6.44. The summed E-state index contributed by atoms with van der Waals surface area (Å²) in [6, 6.07) is 0.0601. The number of hydrogen-bond donors (Lipinski definition) is 2. The molecule has 146 valence electrons. The van der Waals surface area contributed by atoms with Crippen LogP contribution in [0.4, 0.5) is 0 Å². The summed E-state index contributed by atoms with van der Waals surface area (Å²) in [6.45, 7) is 3.08. The smallest absolute Gasteiger partial charge is 0.273 e. The van der Waals surface area contributed by atoms with Gasteiger partial charge in [-0.2, -0.15) is 5.10 Å². The molecule has 9 heteroatoms. The molecule has 2 N–H and O–H groups in total. The Morgan fingerprint density at radius 1 is 1.37 bits per heavy atom. The quantitative estimate of drug-likeness (QED) is 0.801. The summed E-state index contributed by atoms with van der Waals surface area (Å²) in [5.41, 5.74) is 0.312. The second-order valence-corrected chi connectivity index (χ2v) is 8.23. The number of aromatic amines is 1. The Labute approximate surface area is 162 Å². The molecule has 1 aromatic rings. The molecule has 3 amide bonds. The zero-order valence-electron chi connectivity index (χ0n) is 15.3. The summed E-state index contributed by atoms with van der Waals surface area (Å²) in [5, 5.41) is 9.73. The van der Waals surface area contributed by atoms with Crippen LogP contribution in [0.2, 0.25) is 5.02 Å². The van der Waals surface area contributed by atoms with Crippen LogP contribution >= 0.6 is 11.6 Å². The van der Waals surface area contributed by atoms with Gasteiger partial charge in [0.2, 0.25) is 11.8 Å². The summed E-state index contributed by atoms with van der Waals surface area (Å²) in [4.78, 5) is 40.9. The van der Waals surface area contributed by atoms with E-state index in [2.05, 4.69) is 15.5 Å². The van der Waals surface area contributed by atoms with Gasteiger partial charge in [-0.05, 0) is 31.1 Å². The van der Waals surface area contributed by atoms with Crippen molar-refractivity contribution in [3.63, 3.8) is 0 Å². The van der Waals surface area contributed by atoms with E-state index in [-0.39, 0.29) is 41.6 Å². The average molecular weight is 394 g/mol.